The number of carboxylic acids is 1. The Morgan fingerprint density at radius 2 is 1.72 bits per heavy atom. The first-order valence-corrected chi connectivity index (χ1v) is 7.28. The van der Waals surface area contributed by atoms with Gasteiger partial charge >= 0.3 is 5.97 Å². The van der Waals surface area contributed by atoms with Crippen molar-refractivity contribution in [2.45, 2.75) is 69.4 Å². The van der Waals surface area contributed by atoms with Crippen molar-refractivity contribution in [1.82, 2.24) is 5.32 Å². The molecule has 3 N–H and O–H groups in total. The van der Waals surface area contributed by atoms with Gasteiger partial charge in [0.2, 0.25) is 0 Å². The first-order valence-electron chi connectivity index (χ1n) is 7.28. The molecule has 0 unspecified atom stereocenters. The predicted molar refractivity (Wildman–Crippen MR) is 69.4 cm³/mol. The minimum Gasteiger partial charge on any atom is -0.481 e. The van der Waals surface area contributed by atoms with Crippen LogP contribution in [0.2, 0.25) is 0 Å². The maximum atomic E-state index is 10.9. The quantitative estimate of drug-likeness (QED) is 0.718. The molecule has 4 nitrogen and oxygen atoms in total. The molecule has 0 amide bonds. The molecule has 0 aromatic rings. The summed E-state index contributed by atoms with van der Waals surface area (Å²) in [6.07, 6.45) is 8.70. The van der Waals surface area contributed by atoms with E-state index in [4.69, 9.17) is 5.11 Å². The smallest absolute Gasteiger partial charge is 0.306 e. The highest BCUT2D eigenvalue weighted by molar-refractivity contribution is 5.70. The first kappa shape index (κ1) is 13.8. The number of aliphatic hydroxyl groups is 1. The van der Waals surface area contributed by atoms with E-state index in [1.807, 2.05) is 0 Å². The summed E-state index contributed by atoms with van der Waals surface area (Å²) in [7, 11) is 0. The van der Waals surface area contributed by atoms with Crippen LogP contribution in [0.4, 0.5) is 0 Å². The van der Waals surface area contributed by atoms with Crippen molar-refractivity contribution in [2.24, 2.45) is 5.92 Å². The van der Waals surface area contributed by atoms with E-state index in [0.717, 1.165) is 51.4 Å². The van der Waals surface area contributed by atoms with Crippen LogP contribution >= 0.6 is 0 Å². The van der Waals surface area contributed by atoms with Gasteiger partial charge in [-0.05, 0) is 38.5 Å². The van der Waals surface area contributed by atoms with Crippen LogP contribution in [0.25, 0.3) is 0 Å². The Kier molecular flexibility index (Phi) is 4.62. The molecule has 4 heteroatoms. The van der Waals surface area contributed by atoms with Crippen LogP contribution in [0.3, 0.4) is 0 Å². The van der Waals surface area contributed by atoms with Gasteiger partial charge in [-0.2, -0.15) is 0 Å². The Morgan fingerprint density at radius 3 is 2.28 bits per heavy atom. The molecule has 0 aliphatic heterocycles. The Morgan fingerprint density at radius 1 is 1.11 bits per heavy atom. The third-order valence-corrected chi connectivity index (χ3v) is 4.58. The van der Waals surface area contributed by atoms with Gasteiger partial charge in [0.05, 0.1) is 11.5 Å². The van der Waals surface area contributed by atoms with Crippen LogP contribution in [0.5, 0.6) is 0 Å². The highest BCUT2D eigenvalue weighted by Gasteiger charge is 2.31. The maximum absolute atomic E-state index is 10.9. The summed E-state index contributed by atoms with van der Waals surface area (Å²) in [6.45, 7) is 0.676. The van der Waals surface area contributed by atoms with E-state index in [0.29, 0.717) is 12.6 Å². The third kappa shape index (κ3) is 3.69. The van der Waals surface area contributed by atoms with Crippen molar-refractivity contribution < 1.29 is 15.0 Å². The highest BCUT2D eigenvalue weighted by atomic mass is 16.4. The van der Waals surface area contributed by atoms with E-state index < -0.39 is 11.6 Å². The Hall–Kier alpha value is -0.610. The molecule has 0 saturated heterocycles. The molecule has 0 radical (unpaired) electrons. The van der Waals surface area contributed by atoms with E-state index >= 15 is 0 Å². The van der Waals surface area contributed by atoms with Crippen LogP contribution in [-0.4, -0.2) is 34.4 Å². The van der Waals surface area contributed by atoms with Gasteiger partial charge in [0, 0.05) is 12.6 Å². The minimum absolute atomic E-state index is 0.152. The topological polar surface area (TPSA) is 69.6 Å². The van der Waals surface area contributed by atoms with Crippen molar-refractivity contribution in [2.75, 3.05) is 6.54 Å². The van der Waals surface area contributed by atoms with Gasteiger partial charge in [-0.3, -0.25) is 4.79 Å². The summed E-state index contributed by atoms with van der Waals surface area (Å²) in [5.41, 5.74) is -0.512. The lowest BCUT2D eigenvalue weighted by Gasteiger charge is -2.35. The first-order chi connectivity index (χ1) is 8.59. The van der Waals surface area contributed by atoms with Crippen molar-refractivity contribution >= 4 is 5.97 Å². The second-order valence-electron chi connectivity index (χ2n) is 6.05. The molecular weight excluding hydrogens is 230 g/mol. The lowest BCUT2D eigenvalue weighted by molar-refractivity contribution is -0.142. The monoisotopic (exact) mass is 255 g/mol. The summed E-state index contributed by atoms with van der Waals surface area (Å²) >= 11 is 0. The number of hydrogen-bond donors (Lipinski definition) is 3. The van der Waals surface area contributed by atoms with Crippen molar-refractivity contribution in [3.05, 3.63) is 0 Å². The van der Waals surface area contributed by atoms with Crippen LogP contribution in [0, 0.1) is 5.92 Å². The summed E-state index contributed by atoms with van der Waals surface area (Å²) in [4.78, 5) is 10.9. The summed E-state index contributed by atoms with van der Waals surface area (Å²) < 4.78 is 0. The third-order valence-electron chi connectivity index (χ3n) is 4.58. The van der Waals surface area contributed by atoms with E-state index in [2.05, 4.69) is 5.32 Å². The van der Waals surface area contributed by atoms with Crippen LogP contribution in [0.15, 0.2) is 0 Å². The number of carboxylic acid groups (broad SMARTS) is 1. The minimum atomic E-state index is -0.653. The van der Waals surface area contributed by atoms with Crippen molar-refractivity contribution in [3.8, 4) is 0 Å². The summed E-state index contributed by atoms with van der Waals surface area (Å²) in [5.74, 6) is -0.805. The number of rotatable bonds is 4. The lowest BCUT2D eigenvalue weighted by atomic mass is 9.83. The molecule has 104 valence electrons. The Labute approximate surface area is 109 Å². The molecule has 2 aliphatic carbocycles. The molecule has 2 rings (SSSR count). The van der Waals surface area contributed by atoms with Crippen LogP contribution in [-0.2, 0) is 4.79 Å². The normalized spacial score (nSPS) is 32.1. The molecule has 2 aliphatic rings. The molecule has 0 spiro atoms. The fraction of sp³-hybridized carbons (Fsp3) is 0.929. The fourth-order valence-electron chi connectivity index (χ4n) is 3.27. The molecule has 18 heavy (non-hydrogen) atoms. The number of carbonyl (C=O) groups is 1. The van der Waals surface area contributed by atoms with E-state index in [1.165, 1.54) is 6.42 Å². The zero-order valence-corrected chi connectivity index (χ0v) is 11.0. The maximum Gasteiger partial charge on any atom is 0.306 e. The summed E-state index contributed by atoms with van der Waals surface area (Å²) in [6, 6.07) is 0.395. The summed E-state index contributed by atoms with van der Waals surface area (Å²) in [5, 5.41) is 22.8. The molecular formula is C14H25NO3. The predicted octanol–water partition coefficient (Wildman–Crippen LogP) is 1.91. The number of aliphatic carboxylic acids is 1. The second kappa shape index (κ2) is 6.02. The van der Waals surface area contributed by atoms with Gasteiger partial charge in [-0.25, -0.2) is 0 Å². The van der Waals surface area contributed by atoms with Gasteiger partial charge in [0.15, 0.2) is 0 Å². The molecule has 2 saturated carbocycles. The van der Waals surface area contributed by atoms with E-state index in [1.54, 1.807) is 0 Å². The van der Waals surface area contributed by atoms with E-state index in [9.17, 15) is 9.90 Å². The van der Waals surface area contributed by atoms with Crippen molar-refractivity contribution in [1.29, 1.82) is 0 Å². The molecule has 0 aromatic heterocycles. The average Bonchev–Trinajstić information content (AvgIpc) is 2.38. The van der Waals surface area contributed by atoms with Crippen molar-refractivity contribution in [3.63, 3.8) is 0 Å². The van der Waals surface area contributed by atoms with Crippen LogP contribution in [0.1, 0.15) is 57.8 Å². The Balaban J connectivity index is 1.70. The number of nitrogens with one attached hydrogen (secondary N) is 1. The van der Waals surface area contributed by atoms with Gasteiger partial charge < -0.3 is 15.5 Å². The largest absolute Gasteiger partial charge is 0.481 e. The molecule has 0 bridgehead atoms. The average molecular weight is 255 g/mol. The van der Waals surface area contributed by atoms with Gasteiger partial charge in [0.1, 0.15) is 0 Å². The second-order valence-corrected chi connectivity index (χ2v) is 6.05. The SMILES string of the molecule is O=C(O)C1CCC(NCC2(O)CCCCC2)CC1. The lowest BCUT2D eigenvalue weighted by Crippen LogP contribution is -2.46. The fourth-order valence-corrected chi connectivity index (χ4v) is 3.27. The standard InChI is InChI=1S/C14H25NO3/c16-13(17)11-4-6-12(7-5-11)15-10-14(18)8-2-1-3-9-14/h11-12,15,18H,1-10H2,(H,16,17). The van der Waals surface area contributed by atoms with Gasteiger partial charge in [-0.15, -0.1) is 0 Å². The molecule has 0 heterocycles. The van der Waals surface area contributed by atoms with E-state index in [-0.39, 0.29) is 5.92 Å². The van der Waals surface area contributed by atoms with Gasteiger partial charge in [-0.1, -0.05) is 19.3 Å². The zero-order chi connectivity index (χ0) is 13.0. The molecule has 2 fully saturated rings. The highest BCUT2D eigenvalue weighted by Crippen LogP contribution is 2.29. The van der Waals surface area contributed by atoms with Crippen LogP contribution < -0.4 is 5.32 Å². The number of hydrogen-bond acceptors (Lipinski definition) is 3. The molecule has 0 atom stereocenters. The van der Waals surface area contributed by atoms with Gasteiger partial charge in [0.25, 0.3) is 0 Å². The Bertz CT molecular complexity index is 279. The molecule has 0 aromatic carbocycles. The zero-order valence-electron chi connectivity index (χ0n) is 11.0.